The van der Waals surface area contributed by atoms with Gasteiger partial charge in [0.1, 0.15) is 0 Å². The average Bonchev–Trinajstić information content (AvgIpc) is 3.42. The molecule has 4 heterocycles. The van der Waals surface area contributed by atoms with Gasteiger partial charge in [-0.25, -0.2) is 0 Å². The molecule has 4 aromatic heterocycles. The van der Waals surface area contributed by atoms with Gasteiger partial charge in [-0.05, 0) is 36.2 Å². The molecular weight excluding hydrogens is 406 g/mol. The van der Waals surface area contributed by atoms with E-state index in [2.05, 4.69) is 43.2 Å². The summed E-state index contributed by atoms with van der Waals surface area (Å²) < 4.78 is 6.28. The zero-order valence-corrected chi connectivity index (χ0v) is 17.1. The van der Waals surface area contributed by atoms with E-state index in [9.17, 15) is 0 Å². The van der Waals surface area contributed by atoms with Gasteiger partial charge in [-0.3, -0.25) is 0 Å². The van der Waals surface area contributed by atoms with Crippen molar-refractivity contribution in [1.82, 2.24) is 20.3 Å². The van der Waals surface area contributed by atoms with E-state index in [4.69, 9.17) is 4.52 Å². The van der Waals surface area contributed by atoms with E-state index in [-0.39, 0.29) is 5.25 Å². The first-order valence-electron chi connectivity index (χ1n) is 7.92. The van der Waals surface area contributed by atoms with E-state index in [1.54, 1.807) is 45.8 Å². The van der Waals surface area contributed by atoms with Gasteiger partial charge in [-0.1, -0.05) is 40.4 Å². The van der Waals surface area contributed by atoms with Crippen LogP contribution >= 0.6 is 45.8 Å². The molecule has 0 aliphatic carbocycles. The number of nitrogens with one attached hydrogen (secondary N) is 1. The number of thiophene rings is 2. The molecule has 26 heavy (non-hydrogen) atoms. The third-order valence-corrected chi connectivity index (χ3v) is 7.30. The fraction of sp³-hybridized carbons (Fsp3) is 0.250. The quantitative estimate of drug-likeness (QED) is 0.391. The van der Waals surface area contributed by atoms with E-state index in [1.807, 2.05) is 24.4 Å². The Hall–Kier alpha value is -1.75. The lowest BCUT2D eigenvalue weighted by Crippen LogP contribution is -2.03. The maximum Gasteiger partial charge on any atom is 0.240 e. The van der Waals surface area contributed by atoms with E-state index in [1.165, 1.54) is 4.88 Å². The third-order valence-electron chi connectivity index (χ3n) is 3.44. The highest BCUT2D eigenvalue weighted by Gasteiger charge is 2.19. The van der Waals surface area contributed by atoms with Crippen LogP contribution in [-0.4, -0.2) is 26.9 Å². The average molecular weight is 422 g/mol. The van der Waals surface area contributed by atoms with Crippen molar-refractivity contribution in [1.29, 1.82) is 0 Å². The second-order valence-corrected chi connectivity index (χ2v) is 9.87. The second-order valence-electron chi connectivity index (χ2n) is 5.32. The smallest absolute Gasteiger partial charge is 0.240 e. The van der Waals surface area contributed by atoms with E-state index < -0.39 is 0 Å². The van der Waals surface area contributed by atoms with Crippen LogP contribution in [0.5, 0.6) is 0 Å². The SMILES string of the molecule is C[C@@H](Sc1nnc(NCCc2cccs2)s1)c1nc(-c2cccs2)no1. The Bertz CT molecular complexity index is 932. The van der Waals surface area contributed by atoms with Crippen molar-refractivity contribution in [2.24, 2.45) is 0 Å². The highest BCUT2D eigenvalue weighted by Crippen LogP contribution is 2.37. The van der Waals surface area contributed by atoms with E-state index >= 15 is 0 Å². The summed E-state index contributed by atoms with van der Waals surface area (Å²) in [6, 6.07) is 8.17. The Morgan fingerprint density at radius 2 is 2.08 bits per heavy atom. The highest BCUT2D eigenvalue weighted by atomic mass is 32.2. The van der Waals surface area contributed by atoms with Gasteiger partial charge in [0, 0.05) is 11.4 Å². The molecule has 4 aromatic rings. The third kappa shape index (κ3) is 4.32. The molecule has 0 bridgehead atoms. The van der Waals surface area contributed by atoms with E-state index in [0.29, 0.717) is 11.7 Å². The van der Waals surface area contributed by atoms with Crippen LogP contribution in [0.3, 0.4) is 0 Å². The van der Waals surface area contributed by atoms with Crippen LogP contribution in [0.1, 0.15) is 22.9 Å². The zero-order chi connectivity index (χ0) is 17.8. The molecule has 1 atom stereocenters. The van der Waals surface area contributed by atoms with Crippen molar-refractivity contribution in [2.75, 3.05) is 11.9 Å². The van der Waals surface area contributed by atoms with Crippen LogP contribution in [0.25, 0.3) is 10.7 Å². The van der Waals surface area contributed by atoms with Gasteiger partial charge in [0.25, 0.3) is 0 Å². The Labute approximate surface area is 166 Å². The van der Waals surface area contributed by atoms with Crippen molar-refractivity contribution < 1.29 is 4.52 Å². The Kier molecular flexibility index (Phi) is 5.63. The standard InChI is InChI=1S/C16H15N5OS4/c1-10(14-18-13(21-22-14)12-5-3-9-24-12)25-16-20-19-15(26-16)17-7-6-11-4-2-8-23-11/h2-5,8-10H,6-7H2,1H3,(H,17,19)/t10-/m1/s1. The first-order valence-corrected chi connectivity index (χ1v) is 11.4. The molecule has 0 aliphatic rings. The minimum absolute atomic E-state index is 0.0168. The second kappa shape index (κ2) is 8.30. The molecule has 10 heteroatoms. The summed E-state index contributed by atoms with van der Waals surface area (Å²) in [4.78, 5) is 6.86. The molecule has 1 N–H and O–H groups in total. The Morgan fingerprint density at radius 3 is 2.88 bits per heavy atom. The predicted molar refractivity (Wildman–Crippen MR) is 108 cm³/mol. The van der Waals surface area contributed by atoms with Crippen LogP contribution in [-0.2, 0) is 6.42 Å². The summed E-state index contributed by atoms with van der Waals surface area (Å²) in [5.74, 6) is 1.23. The lowest BCUT2D eigenvalue weighted by Gasteiger charge is -2.01. The monoisotopic (exact) mass is 421 g/mol. The fourth-order valence-electron chi connectivity index (χ4n) is 2.18. The maximum atomic E-state index is 5.40. The molecule has 134 valence electrons. The van der Waals surface area contributed by atoms with E-state index in [0.717, 1.165) is 27.3 Å². The molecule has 4 rings (SSSR count). The van der Waals surface area contributed by atoms with Crippen molar-refractivity contribution in [3.05, 3.63) is 45.8 Å². The molecule has 0 unspecified atom stereocenters. The molecule has 0 radical (unpaired) electrons. The normalized spacial score (nSPS) is 12.3. The minimum Gasteiger partial charge on any atom is -0.360 e. The molecule has 0 aromatic carbocycles. The van der Waals surface area contributed by atoms with Gasteiger partial charge in [0.15, 0.2) is 4.34 Å². The van der Waals surface area contributed by atoms with Gasteiger partial charge < -0.3 is 9.84 Å². The highest BCUT2D eigenvalue weighted by molar-refractivity contribution is 8.01. The lowest BCUT2D eigenvalue weighted by atomic mass is 10.3. The van der Waals surface area contributed by atoms with Gasteiger partial charge in [0.2, 0.25) is 16.8 Å². The summed E-state index contributed by atoms with van der Waals surface area (Å²) in [6.45, 7) is 2.88. The molecule has 0 saturated carbocycles. The van der Waals surface area contributed by atoms with Crippen molar-refractivity contribution in [3.8, 4) is 10.7 Å². The summed E-state index contributed by atoms with van der Waals surface area (Å²) in [5, 5.41) is 20.8. The zero-order valence-electron chi connectivity index (χ0n) is 13.8. The van der Waals surface area contributed by atoms with Gasteiger partial charge in [-0.2, -0.15) is 4.98 Å². The van der Waals surface area contributed by atoms with Gasteiger partial charge in [0.05, 0.1) is 10.1 Å². The molecule has 0 aliphatic heterocycles. The predicted octanol–water partition coefficient (Wildman–Crippen LogP) is 5.22. The Balaban J connectivity index is 1.32. The number of hydrogen-bond donors (Lipinski definition) is 1. The molecule has 0 amide bonds. The summed E-state index contributed by atoms with van der Waals surface area (Å²) in [6.07, 6.45) is 0.990. The van der Waals surface area contributed by atoms with Crippen molar-refractivity contribution in [2.45, 2.75) is 22.9 Å². The summed E-state index contributed by atoms with van der Waals surface area (Å²) in [7, 11) is 0. The van der Waals surface area contributed by atoms with Crippen LogP contribution in [0.4, 0.5) is 5.13 Å². The van der Waals surface area contributed by atoms with Crippen LogP contribution < -0.4 is 5.32 Å². The minimum atomic E-state index is 0.0168. The van der Waals surface area contributed by atoms with Crippen molar-refractivity contribution in [3.63, 3.8) is 0 Å². The first kappa shape index (κ1) is 17.7. The van der Waals surface area contributed by atoms with Gasteiger partial charge in [-0.15, -0.1) is 32.9 Å². The number of hydrogen-bond acceptors (Lipinski definition) is 10. The Morgan fingerprint density at radius 1 is 1.19 bits per heavy atom. The number of thioether (sulfide) groups is 1. The summed E-state index contributed by atoms with van der Waals surface area (Å²) in [5.41, 5.74) is 0. The van der Waals surface area contributed by atoms with Crippen LogP contribution in [0.15, 0.2) is 43.9 Å². The number of rotatable bonds is 8. The molecule has 6 nitrogen and oxygen atoms in total. The molecular formula is C16H15N5OS4. The van der Waals surface area contributed by atoms with Gasteiger partial charge >= 0.3 is 0 Å². The summed E-state index contributed by atoms with van der Waals surface area (Å²) >= 11 is 6.48. The number of aromatic nitrogens is 4. The number of nitrogens with zero attached hydrogens (tertiary/aromatic N) is 4. The fourth-order valence-corrected chi connectivity index (χ4v) is 5.49. The largest absolute Gasteiger partial charge is 0.360 e. The number of anilines is 1. The maximum absolute atomic E-state index is 5.40. The lowest BCUT2D eigenvalue weighted by molar-refractivity contribution is 0.381. The molecule has 0 fully saturated rings. The first-order chi connectivity index (χ1) is 12.8. The van der Waals surface area contributed by atoms with Crippen molar-refractivity contribution >= 4 is 50.9 Å². The molecule has 0 spiro atoms. The van der Waals surface area contributed by atoms with Crippen LogP contribution in [0.2, 0.25) is 0 Å². The van der Waals surface area contributed by atoms with Crippen LogP contribution in [0, 0.1) is 0 Å². The molecule has 0 saturated heterocycles. The topological polar surface area (TPSA) is 76.7 Å².